The third kappa shape index (κ3) is 5.57. The fourth-order valence-corrected chi connectivity index (χ4v) is 5.58. The maximum absolute atomic E-state index is 10.8. The Morgan fingerprint density at radius 1 is 1.15 bits per heavy atom. The van der Waals surface area contributed by atoms with Gasteiger partial charge >= 0.3 is 5.97 Å². The zero-order valence-electron chi connectivity index (χ0n) is 17.6. The van der Waals surface area contributed by atoms with Crippen molar-refractivity contribution in [3.63, 3.8) is 0 Å². The highest BCUT2D eigenvalue weighted by atomic mass is 16.4. The molecule has 0 saturated heterocycles. The summed E-state index contributed by atoms with van der Waals surface area (Å²) in [5.41, 5.74) is 1.46. The van der Waals surface area contributed by atoms with Crippen LogP contribution in [-0.4, -0.2) is 22.3 Å². The minimum Gasteiger partial charge on any atom is -0.478 e. The maximum atomic E-state index is 10.8. The van der Waals surface area contributed by atoms with Gasteiger partial charge in [0.25, 0.3) is 0 Å². The zero-order chi connectivity index (χ0) is 20.1. The number of carboxylic acid groups (broad SMARTS) is 1. The molecule has 7 atom stereocenters. The van der Waals surface area contributed by atoms with Gasteiger partial charge in [-0.15, -0.1) is 0 Å². The lowest BCUT2D eigenvalue weighted by Gasteiger charge is -2.52. The summed E-state index contributed by atoms with van der Waals surface area (Å²) in [4.78, 5) is 10.8. The molecule has 0 spiro atoms. The van der Waals surface area contributed by atoms with Crippen LogP contribution in [0.2, 0.25) is 0 Å². The van der Waals surface area contributed by atoms with Crippen molar-refractivity contribution in [2.24, 2.45) is 41.4 Å². The summed E-state index contributed by atoms with van der Waals surface area (Å²) in [5.74, 6) is 2.48. The number of carbonyl (C=O) groups is 1. The Hall–Kier alpha value is -1.35. The number of carboxylic acids is 1. The standard InChI is InChI=1S/C24H38O3/c1-15(2)10-11-16(3)23-18(5)14-20-21(25)13-12-17(4)24(20)19(23)8-6-7-9-22(26)27/h6-9,11,15,17-21,23-25H,10,12-14H2,1-5H3,(H,26,27)/t17-,18-,19+,20-,21-,23+,24-/m0/s1. The van der Waals surface area contributed by atoms with Crippen LogP contribution in [0.25, 0.3) is 0 Å². The first-order valence-corrected chi connectivity index (χ1v) is 10.6. The fraction of sp³-hybridized carbons (Fsp3) is 0.708. The number of hydrogen-bond donors (Lipinski definition) is 2. The van der Waals surface area contributed by atoms with E-state index in [1.807, 2.05) is 6.08 Å². The molecule has 152 valence electrons. The van der Waals surface area contributed by atoms with Gasteiger partial charge in [0.05, 0.1) is 6.10 Å². The van der Waals surface area contributed by atoms with Crippen molar-refractivity contribution in [1.82, 2.24) is 0 Å². The van der Waals surface area contributed by atoms with Gasteiger partial charge in [-0.1, -0.05) is 57.6 Å². The second-order valence-corrected chi connectivity index (χ2v) is 9.34. The van der Waals surface area contributed by atoms with E-state index >= 15 is 0 Å². The summed E-state index contributed by atoms with van der Waals surface area (Å²) in [7, 11) is 0. The minimum absolute atomic E-state index is 0.194. The molecular formula is C24H38O3. The Morgan fingerprint density at radius 2 is 1.85 bits per heavy atom. The predicted octanol–water partition coefficient (Wildman–Crippen LogP) is 5.47. The molecule has 0 amide bonds. The van der Waals surface area contributed by atoms with Gasteiger partial charge in [0.2, 0.25) is 0 Å². The van der Waals surface area contributed by atoms with Crippen molar-refractivity contribution in [1.29, 1.82) is 0 Å². The minimum atomic E-state index is -0.916. The third-order valence-electron chi connectivity index (χ3n) is 6.80. The van der Waals surface area contributed by atoms with Gasteiger partial charge in [0.1, 0.15) is 0 Å². The number of fused-ring (bicyclic) bond motifs is 1. The molecule has 2 fully saturated rings. The molecule has 0 unspecified atom stereocenters. The van der Waals surface area contributed by atoms with Crippen molar-refractivity contribution >= 4 is 5.97 Å². The van der Waals surface area contributed by atoms with E-state index in [4.69, 9.17) is 5.11 Å². The predicted molar refractivity (Wildman–Crippen MR) is 111 cm³/mol. The topological polar surface area (TPSA) is 57.5 Å². The lowest BCUT2D eigenvalue weighted by Crippen LogP contribution is -2.48. The third-order valence-corrected chi connectivity index (χ3v) is 6.80. The van der Waals surface area contributed by atoms with Crippen molar-refractivity contribution in [3.05, 3.63) is 36.0 Å². The van der Waals surface area contributed by atoms with Crippen LogP contribution in [0.15, 0.2) is 36.0 Å². The van der Waals surface area contributed by atoms with Crippen LogP contribution in [0.5, 0.6) is 0 Å². The van der Waals surface area contributed by atoms with Crippen LogP contribution in [0.3, 0.4) is 0 Å². The number of aliphatic hydroxyl groups excluding tert-OH is 1. The number of aliphatic carboxylic acids is 1. The zero-order valence-corrected chi connectivity index (χ0v) is 17.6. The lowest BCUT2D eigenvalue weighted by atomic mass is 9.53. The first kappa shape index (κ1) is 21.9. The summed E-state index contributed by atoms with van der Waals surface area (Å²) < 4.78 is 0. The first-order chi connectivity index (χ1) is 12.7. The molecule has 3 heteroatoms. The molecule has 2 saturated carbocycles. The highest BCUT2D eigenvalue weighted by Gasteiger charge is 2.48. The molecule has 2 N–H and O–H groups in total. The number of hydrogen-bond acceptors (Lipinski definition) is 2. The maximum Gasteiger partial charge on any atom is 0.328 e. The summed E-state index contributed by atoms with van der Waals surface area (Å²) in [6, 6.07) is 0. The number of aliphatic hydroxyl groups is 1. The average molecular weight is 375 g/mol. The lowest BCUT2D eigenvalue weighted by molar-refractivity contribution is -0.131. The van der Waals surface area contributed by atoms with Gasteiger partial charge in [-0.2, -0.15) is 0 Å². The smallest absolute Gasteiger partial charge is 0.328 e. The molecule has 3 nitrogen and oxygen atoms in total. The van der Waals surface area contributed by atoms with E-state index in [2.05, 4.69) is 46.8 Å². The Bertz CT molecular complexity index is 586. The van der Waals surface area contributed by atoms with E-state index in [9.17, 15) is 9.90 Å². The van der Waals surface area contributed by atoms with Crippen molar-refractivity contribution in [2.75, 3.05) is 0 Å². The Labute approximate surface area is 165 Å². The van der Waals surface area contributed by atoms with E-state index in [0.717, 1.165) is 25.7 Å². The highest BCUT2D eigenvalue weighted by molar-refractivity contribution is 5.80. The SMILES string of the molecule is CC(=CCC(C)C)[C@H]1[C@@H](C=CC=CC(=O)O)[C@H]2[C@@H](C[C@@H]1C)[C@@H](O)CC[C@@H]2C. The van der Waals surface area contributed by atoms with E-state index in [1.165, 1.54) is 11.6 Å². The molecule has 0 aromatic carbocycles. The molecule has 0 aromatic heterocycles. The fourth-order valence-electron chi connectivity index (χ4n) is 5.58. The Balaban J connectivity index is 2.36. The molecule has 2 aliphatic rings. The van der Waals surface area contributed by atoms with E-state index < -0.39 is 5.97 Å². The van der Waals surface area contributed by atoms with E-state index in [-0.39, 0.29) is 6.10 Å². The first-order valence-electron chi connectivity index (χ1n) is 10.6. The molecule has 0 radical (unpaired) electrons. The van der Waals surface area contributed by atoms with Gasteiger partial charge in [0, 0.05) is 6.08 Å². The monoisotopic (exact) mass is 374 g/mol. The second-order valence-electron chi connectivity index (χ2n) is 9.34. The Kier molecular flexibility index (Phi) is 7.91. The van der Waals surface area contributed by atoms with Gasteiger partial charge in [-0.05, 0) is 74.0 Å². The quantitative estimate of drug-likeness (QED) is 0.368. The van der Waals surface area contributed by atoms with Crippen LogP contribution in [0.4, 0.5) is 0 Å². The second kappa shape index (κ2) is 9.73. The molecule has 0 aliphatic heterocycles. The number of rotatable bonds is 6. The van der Waals surface area contributed by atoms with Crippen LogP contribution in [-0.2, 0) is 4.79 Å². The summed E-state index contributed by atoms with van der Waals surface area (Å²) in [6.45, 7) is 11.4. The van der Waals surface area contributed by atoms with Crippen molar-refractivity contribution < 1.29 is 15.0 Å². The van der Waals surface area contributed by atoms with Gasteiger partial charge < -0.3 is 10.2 Å². The van der Waals surface area contributed by atoms with Crippen LogP contribution in [0, 0.1) is 41.4 Å². The van der Waals surface area contributed by atoms with Gasteiger partial charge in [0.15, 0.2) is 0 Å². The molecule has 2 rings (SSSR count). The van der Waals surface area contributed by atoms with Crippen LogP contribution < -0.4 is 0 Å². The van der Waals surface area contributed by atoms with Gasteiger partial charge in [-0.3, -0.25) is 0 Å². The molecular weight excluding hydrogens is 336 g/mol. The van der Waals surface area contributed by atoms with E-state index in [0.29, 0.717) is 41.4 Å². The molecule has 27 heavy (non-hydrogen) atoms. The van der Waals surface area contributed by atoms with Crippen molar-refractivity contribution in [3.8, 4) is 0 Å². The molecule has 0 heterocycles. The van der Waals surface area contributed by atoms with Gasteiger partial charge in [-0.25, -0.2) is 4.79 Å². The average Bonchev–Trinajstić information content (AvgIpc) is 2.59. The highest BCUT2D eigenvalue weighted by Crippen LogP contribution is 2.53. The van der Waals surface area contributed by atoms with Crippen LogP contribution in [0.1, 0.15) is 60.3 Å². The number of allylic oxidation sites excluding steroid dienone is 5. The normalized spacial score (nSPS) is 37.9. The molecule has 0 aromatic rings. The Morgan fingerprint density at radius 3 is 2.48 bits per heavy atom. The molecule has 0 bridgehead atoms. The van der Waals surface area contributed by atoms with Crippen molar-refractivity contribution in [2.45, 2.75) is 66.4 Å². The summed E-state index contributed by atoms with van der Waals surface area (Å²) >= 11 is 0. The van der Waals surface area contributed by atoms with E-state index in [1.54, 1.807) is 6.08 Å². The molecule has 2 aliphatic carbocycles. The van der Waals surface area contributed by atoms with Crippen LogP contribution >= 0.6 is 0 Å². The largest absolute Gasteiger partial charge is 0.478 e. The summed E-state index contributed by atoms with van der Waals surface area (Å²) in [5, 5.41) is 19.5. The summed E-state index contributed by atoms with van der Waals surface area (Å²) in [6.07, 6.45) is 13.3.